The zero-order valence-electron chi connectivity index (χ0n) is 11.2. The fourth-order valence-electron chi connectivity index (χ4n) is 1.48. The molecule has 19 heavy (non-hydrogen) atoms. The molecule has 5 heteroatoms. The van der Waals surface area contributed by atoms with Crippen LogP contribution < -0.4 is 11.1 Å². The van der Waals surface area contributed by atoms with E-state index in [1.54, 1.807) is 36.9 Å². The molecule has 0 aliphatic carbocycles. The summed E-state index contributed by atoms with van der Waals surface area (Å²) in [5.74, 6) is 0.354. The highest BCUT2D eigenvalue weighted by atomic mass is 32.2. The number of nitrogens with one attached hydrogen (secondary N) is 1. The third-order valence-corrected chi connectivity index (χ3v) is 3.37. The molecule has 0 spiro atoms. The summed E-state index contributed by atoms with van der Waals surface area (Å²) >= 11 is 1.54. The Labute approximate surface area is 118 Å². The molecule has 1 atom stereocenters. The van der Waals surface area contributed by atoms with Crippen LogP contribution in [0.1, 0.15) is 12.5 Å². The van der Waals surface area contributed by atoms with Gasteiger partial charge in [-0.25, -0.2) is 0 Å². The molecule has 1 unspecified atom stereocenters. The molecule has 0 saturated heterocycles. The fraction of sp³-hybridized carbons (Fsp3) is 0.357. The molecule has 4 N–H and O–H groups in total. The zero-order valence-corrected chi connectivity index (χ0v) is 12.0. The fourth-order valence-corrected chi connectivity index (χ4v) is 2.20. The topological polar surface area (TPSA) is 75.3 Å². The third kappa shape index (κ3) is 6.31. The number of amides is 1. The number of carbonyl (C=O) groups is 1. The Kier molecular flexibility index (Phi) is 5.92. The van der Waals surface area contributed by atoms with Crippen molar-refractivity contribution >= 4 is 29.4 Å². The molecule has 1 aromatic rings. The first-order chi connectivity index (χ1) is 8.93. The van der Waals surface area contributed by atoms with Crippen LogP contribution >= 0.6 is 11.8 Å². The monoisotopic (exact) mass is 280 g/mol. The van der Waals surface area contributed by atoms with Gasteiger partial charge < -0.3 is 16.2 Å². The van der Waals surface area contributed by atoms with Crippen molar-refractivity contribution in [3.8, 4) is 0 Å². The van der Waals surface area contributed by atoms with Gasteiger partial charge in [0, 0.05) is 24.1 Å². The number of benzene rings is 1. The van der Waals surface area contributed by atoms with E-state index in [0.717, 1.165) is 5.56 Å². The molecule has 1 rings (SSSR count). The Morgan fingerprint density at radius 1 is 1.47 bits per heavy atom. The Morgan fingerprint density at radius 2 is 2.11 bits per heavy atom. The summed E-state index contributed by atoms with van der Waals surface area (Å²) < 4.78 is 0. The Hall–Kier alpha value is -1.46. The first-order valence-corrected chi connectivity index (χ1v) is 7.35. The second kappa shape index (κ2) is 7.21. The van der Waals surface area contributed by atoms with Gasteiger partial charge >= 0.3 is 0 Å². The molecule has 0 aliphatic rings. The molecule has 0 aliphatic heterocycles. The molecule has 1 amide bonds. The van der Waals surface area contributed by atoms with Gasteiger partial charge in [-0.3, -0.25) is 4.79 Å². The van der Waals surface area contributed by atoms with Crippen molar-refractivity contribution in [1.82, 2.24) is 5.32 Å². The SMILES string of the molecule is CSCC(C)(O)CNC(=O)/C=C/c1ccc(N)cc1. The first kappa shape index (κ1) is 15.6. The summed E-state index contributed by atoms with van der Waals surface area (Å²) in [7, 11) is 0. The predicted molar refractivity (Wildman–Crippen MR) is 81.9 cm³/mol. The third-order valence-electron chi connectivity index (χ3n) is 2.46. The molecule has 0 fully saturated rings. The predicted octanol–water partition coefficient (Wildman–Crippen LogP) is 1.51. The summed E-state index contributed by atoms with van der Waals surface area (Å²) in [6, 6.07) is 7.23. The second-order valence-corrected chi connectivity index (χ2v) is 5.51. The van der Waals surface area contributed by atoms with Crippen LogP contribution in [0.3, 0.4) is 0 Å². The summed E-state index contributed by atoms with van der Waals surface area (Å²) in [4.78, 5) is 11.6. The van der Waals surface area contributed by atoms with Crippen LogP contribution in [0.25, 0.3) is 6.08 Å². The maximum atomic E-state index is 11.6. The largest absolute Gasteiger partial charge is 0.399 e. The zero-order chi connectivity index (χ0) is 14.3. The number of hydrogen-bond donors (Lipinski definition) is 3. The van der Waals surface area contributed by atoms with Crippen molar-refractivity contribution in [2.75, 3.05) is 24.3 Å². The van der Waals surface area contributed by atoms with Gasteiger partial charge in [0.05, 0.1) is 5.60 Å². The summed E-state index contributed by atoms with van der Waals surface area (Å²) in [6.45, 7) is 1.94. The maximum Gasteiger partial charge on any atom is 0.244 e. The first-order valence-electron chi connectivity index (χ1n) is 5.96. The smallest absolute Gasteiger partial charge is 0.244 e. The highest BCUT2D eigenvalue weighted by Gasteiger charge is 2.19. The summed E-state index contributed by atoms with van der Waals surface area (Å²) in [5, 5.41) is 12.6. The lowest BCUT2D eigenvalue weighted by Gasteiger charge is -2.21. The van der Waals surface area contributed by atoms with Gasteiger partial charge in [0.15, 0.2) is 0 Å². The Balaban J connectivity index is 2.45. The van der Waals surface area contributed by atoms with Crippen molar-refractivity contribution in [2.24, 2.45) is 0 Å². The van der Waals surface area contributed by atoms with Gasteiger partial charge in [-0.05, 0) is 37.0 Å². The van der Waals surface area contributed by atoms with Gasteiger partial charge in [-0.1, -0.05) is 12.1 Å². The van der Waals surface area contributed by atoms with Gasteiger partial charge in [0.25, 0.3) is 0 Å². The van der Waals surface area contributed by atoms with E-state index in [0.29, 0.717) is 11.4 Å². The van der Waals surface area contributed by atoms with E-state index in [2.05, 4.69) is 5.32 Å². The van der Waals surface area contributed by atoms with E-state index in [1.165, 1.54) is 6.08 Å². The van der Waals surface area contributed by atoms with Crippen molar-refractivity contribution in [1.29, 1.82) is 0 Å². The van der Waals surface area contributed by atoms with Crippen LogP contribution in [0.2, 0.25) is 0 Å². The van der Waals surface area contributed by atoms with Crippen LogP contribution in [0.15, 0.2) is 30.3 Å². The lowest BCUT2D eigenvalue weighted by Crippen LogP contribution is -2.41. The minimum atomic E-state index is -0.885. The lowest BCUT2D eigenvalue weighted by atomic mass is 10.1. The van der Waals surface area contributed by atoms with E-state index in [-0.39, 0.29) is 12.5 Å². The van der Waals surface area contributed by atoms with E-state index >= 15 is 0 Å². The van der Waals surface area contributed by atoms with Gasteiger partial charge in [0.2, 0.25) is 5.91 Å². The molecule has 0 aromatic heterocycles. The standard InChI is InChI=1S/C14H20N2O2S/c1-14(18,10-19-2)9-16-13(17)8-5-11-3-6-12(15)7-4-11/h3-8,18H,9-10,15H2,1-2H3,(H,16,17)/b8-5+. The van der Waals surface area contributed by atoms with Crippen molar-refractivity contribution < 1.29 is 9.90 Å². The quantitative estimate of drug-likeness (QED) is 0.545. The maximum absolute atomic E-state index is 11.6. The highest BCUT2D eigenvalue weighted by Crippen LogP contribution is 2.09. The van der Waals surface area contributed by atoms with Crippen molar-refractivity contribution in [2.45, 2.75) is 12.5 Å². The normalized spacial score (nSPS) is 14.3. The molecule has 1 aromatic carbocycles. The van der Waals surface area contributed by atoms with Crippen LogP contribution in [0, 0.1) is 0 Å². The molecular weight excluding hydrogens is 260 g/mol. The van der Waals surface area contributed by atoms with E-state index in [1.807, 2.05) is 18.4 Å². The minimum Gasteiger partial charge on any atom is -0.399 e. The van der Waals surface area contributed by atoms with Crippen LogP contribution in [0.4, 0.5) is 5.69 Å². The van der Waals surface area contributed by atoms with Gasteiger partial charge in [-0.15, -0.1) is 0 Å². The Morgan fingerprint density at radius 3 is 2.68 bits per heavy atom. The number of anilines is 1. The highest BCUT2D eigenvalue weighted by molar-refractivity contribution is 7.98. The molecule has 0 heterocycles. The second-order valence-electron chi connectivity index (χ2n) is 4.65. The summed E-state index contributed by atoms with van der Waals surface area (Å²) in [5.41, 5.74) is 6.28. The van der Waals surface area contributed by atoms with Crippen LogP contribution in [-0.2, 0) is 4.79 Å². The van der Waals surface area contributed by atoms with Crippen molar-refractivity contribution in [3.05, 3.63) is 35.9 Å². The van der Waals surface area contributed by atoms with E-state index in [9.17, 15) is 9.90 Å². The van der Waals surface area contributed by atoms with Crippen LogP contribution in [-0.4, -0.2) is 35.2 Å². The van der Waals surface area contributed by atoms with Gasteiger partial charge in [0.1, 0.15) is 0 Å². The molecule has 0 radical (unpaired) electrons. The van der Waals surface area contributed by atoms with Gasteiger partial charge in [-0.2, -0.15) is 11.8 Å². The number of nitrogen functional groups attached to an aromatic ring is 1. The number of hydrogen-bond acceptors (Lipinski definition) is 4. The number of rotatable bonds is 6. The minimum absolute atomic E-state index is 0.224. The number of thioether (sulfide) groups is 1. The molecule has 0 bridgehead atoms. The van der Waals surface area contributed by atoms with E-state index < -0.39 is 5.60 Å². The number of aliphatic hydroxyl groups is 1. The number of nitrogens with two attached hydrogens (primary N) is 1. The molecular formula is C14H20N2O2S. The Bertz CT molecular complexity index is 441. The van der Waals surface area contributed by atoms with Crippen LogP contribution in [0.5, 0.6) is 0 Å². The molecule has 4 nitrogen and oxygen atoms in total. The molecule has 104 valence electrons. The average Bonchev–Trinajstić information content (AvgIpc) is 2.36. The molecule has 0 saturated carbocycles. The van der Waals surface area contributed by atoms with Crippen molar-refractivity contribution in [3.63, 3.8) is 0 Å². The lowest BCUT2D eigenvalue weighted by molar-refractivity contribution is -0.117. The summed E-state index contributed by atoms with van der Waals surface area (Å²) in [6.07, 6.45) is 5.07. The number of carbonyl (C=O) groups excluding carboxylic acids is 1. The average molecular weight is 280 g/mol. The van der Waals surface area contributed by atoms with E-state index in [4.69, 9.17) is 5.73 Å².